The molecule has 0 radical (unpaired) electrons. The highest BCUT2D eigenvalue weighted by Gasteiger charge is 2.45. The number of aromatic nitrogens is 4. The Morgan fingerprint density at radius 1 is 0.853 bits per heavy atom. The summed E-state index contributed by atoms with van der Waals surface area (Å²) in [6.45, 7) is 3.69. The van der Waals surface area contributed by atoms with E-state index in [1.807, 2.05) is 60.8 Å². The number of fused-ring (bicyclic) bond motifs is 2. The van der Waals surface area contributed by atoms with Gasteiger partial charge in [0.1, 0.15) is 35.9 Å². The molecule has 0 unspecified atom stereocenters. The van der Waals surface area contributed by atoms with Crippen molar-refractivity contribution >= 4 is 80.8 Å². The second-order valence-corrected chi connectivity index (χ2v) is 19.2. The van der Waals surface area contributed by atoms with E-state index >= 15 is 4.79 Å². The van der Waals surface area contributed by atoms with Crippen LogP contribution in [0.5, 0.6) is 0 Å². The largest absolute Gasteiger partial charge is 0.370 e. The molecule has 22 heteroatoms. The number of nitrogens with zero attached hydrogens (tertiary/aromatic N) is 4. The fraction of sp³-hybridized carbons (Fsp3) is 0.435. The molecule has 8 amide bonds. The molecule has 360 valence electrons. The maximum Gasteiger partial charge on any atom is 0.246 e. The van der Waals surface area contributed by atoms with Crippen LogP contribution in [-0.2, 0) is 44.8 Å². The Labute approximate surface area is 399 Å². The van der Waals surface area contributed by atoms with Gasteiger partial charge in [-0.1, -0.05) is 49.7 Å². The van der Waals surface area contributed by atoms with E-state index in [0.717, 1.165) is 25.5 Å². The number of hydrogen-bond donors (Lipinski definition) is 8. The standard InChI is InChI=1S/C46H56N12O8S2/c1-3-25(2)41-46(66)57-23-27(58-24-33(55-56-58)35-13-14-37(68-35)36-12-8-18-67-36)20-34(57)45(65)53-31(19-26-22-50-29-10-5-4-9-28(26)29)43(63)52-30(42(48)62)11-6-7-17-49-39(60)15-16-40(61)51-32(21-38(47)59)44(64)54-41/h4-5,8-10,12-14,18,22,24-25,27,30-32,34,41,50H,3,6-7,11,15-17,19-21,23H2,1-2H3,(H2,47,59)(H2,48,62)(H,49,60)(H,51,61)(H,52,63)(H,53,65)(H,54,64)/t25-,27-,30-,31-,32-,34-,41-/m0/s1. The van der Waals surface area contributed by atoms with Crippen molar-refractivity contribution in [2.45, 2.75) is 108 Å². The second-order valence-electron chi connectivity index (χ2n) is 17.2. The molecule has 6 heterocycles. The normalized spacial score (nSPS) is 23.5. The molecule has 0 bridgehead atoms. The van der Waals surface area contributed by atoms with E-state index in [4.69, 9.17) is 11.5 Å². The van der Waals surface area contributed by atoms with Gasteiger partial charge in [0.05, 0.1) is 23.5 Å². The van der Waals surface area contributed by atoms with Crippen LogP contribution in [0.25, 0.3) is 31.2 Å². The first-order valence-electron chi connectivity index (χ1n) is 22.6. The van der Waals surface area contributed by atoms with E-state index in [0.29, 0.717) is 30.5 Å². The third-order valence-corrected chi connectivity index (χ3v) is 14.6. The number of hydrogen-bond acceptors (Lipinski definition) is 12. The summed E-state index contributed by atoms with van der Waals surface area (Å²) < 4.78 is 1.60. The maximum atomic E-state index is 15.0. The van der Waals surface area contributed by atoms with Gasteiger partial charge in [-0.3, -0.25) is 38.4 Å². The number of carbonyl (C=O) groups excluding carboxylic acids is 8. The first-order valence-corrected chi connectivity index (χ1v) is 24.3. The molecular formula is C46H56N12O8S2. The van der Waals surface area contributed by atoms with Gasteiger partial charge in [-0.2, -0.15) is 0 Å². The minimum absolute atomic E-state index is 0.0115. The van der Waals surface area contributed by atoms with Crippen molar-refractivity contribution in [3.8, 4) is 20.3 Å². The van der Waals surface area contributed by atoms with Crippen LogP contribution < -0.4 is 38.1 Å². The number of benzene rings is 1. The molecule has 5 aromatic rings. The van der Waals surface area contributed by atoms with E-state index in [1.165, 1.54) is 4.90 Å². The van der Waals surface area contributed by atoms with Crippen LogP contribution >= 0.6 is 22.7 Å². The van der Waals surface area contributed by atoms with E-state index in [-0.39, 0.29) is 45.2 Å². The summed E-state index contributed by atoms with van der Waals surface area (Å²) in [6.07, 6.45) is 3.63. The minimum atomic E-state index is -1.48. The molecule has 4 aromatic heterocycles. The molecule has 68 heavy (non-hydrogen) atoms. The SMILES string of the molecule is CC[C@H](C)[C@@H]1NC(=O)[C@H](CC(N)=O)NC(=O)CCC(=O)NCCCC[C@@H](C(N)=O)NC(=O)[C@H](Cc2c[nH]c3ccccc23)NC(=O)[C@@H]2C[C@H](n3cc(-c4ccc(-c5cccs5)s4)nn3)CN2C1=O. The zero-order chi connectivity index (χ0) is 48.5. The van der Waals surface area contributed by atoms with Gasteiger partial charge in [-0.25, -0.2) is 4.68 Å². The topological polar surface area (TPSA) is 298 Å². The van der Waals surface area contributed by atoms with Gasteiger partial charge in [0.25, 0.3) is 0 Å². The maximum absolute atomic E-state index is 15.0. The summed E-state index contributed by atoms with van der Waals surface area (Å²) in [5, 5.41) is 25.3. The Morgan fingerprint density at radius 2 is 1.62 bits per heavy atom. The van der Waals surface area contributed by atoms with Gasteiger partial charge >= 0.3 is 0 Å². The van der Waals surface area contributed by atoms with Crippen LogP contribution in [0, 0.1) is 5.92 Å². The van der Waals surface area contributed by atoms with Crippen LogP contribution in [0.15, 0.2) is 66.3 Å². The molecule has 0 saturated carbocycles. The highest BCUT2D eigenvalue weighted by Crippen LogP contribution is 2.37. The fourth-order valence-corrected chi connectivity index (χ4v) is 10.2. The van der Waals surface area contributed by atoms with Crippen LogP contribution in [0.3, 0.4) is 0 Å². The average Bonchev–Trinajstić information content (AvgIpc) is 4.18. The lowest BCUT2D eigenvalue weighted by atomic mass is 9.96. The van der Waals surface area contributed by atoms with Crippen LogP contribution in [0.1, 0.15) is 76.8 Å². The Morgan fingerprint density at radius 3 is 2.37 bits per heavy atom. The smallest absolute Gasteiger partial charge is 0.246 e. The summed E-state index contributed by atoms with van der Waals surface area (Å²) >= 11 is 3.17. The zero-order valence-electron chi connectivity index (χ0n) is 37.7. The predicted octanol–water partition coefficient (Wildman–Crippen LogP) is 2.03. The first-order chi connectivity index (χ1) is 32.7. The van der Waals surface area contributed by atoms with Gasteiger partial charge in [0, 0.05) is 65.6 Å². The van der Waals surface area contributed by atoms with E-state index in [2.05, 4.69) is 41.9 Å². The van der Waals surface area contributed by atoms with Crippen molar-refractivity contribution in [1.82, 2.24) is 51.5 Å². The first kappa shape index (κ1) is 49.0. The van der Waals surface area contributed by atoms with Crippen molar-refractivity contribution in [2.24, 2.45) is 17.4 Å². The third-order valence-electron chi connectivity index (χ3n) is 12.4. The summed E-state index contributed by atoms with van der Waals surface area (Å²) in [4.78, 5) is 117. The van der Waals surface area contributed by atoms with Crippen LogP contribution in [-0.4, -0.2) is 115 Å². The number of nitrogens with two attached hydrogens (primary N) is 2. The summed E-state index contributed by atoms with van der Waals surface area (Å²) in [6, 6.07) is 8.47. The lowest BCUT2D eigenvalue weighted by molar-refractivity contribution is -0.143. The van der Waals surface area contributed by atoms with E-state index < -0.39 is 95.8 Å². The molecule has 2 fully saturated rings. The number of amides is 8. The van der Waals surface area contributed by atoms with Gasteiger partial charge in [-0.15, -0.1) is 27.8 Å². The second kappa shape index (κ2) is 22.2. The third kappa shape index (κ3) is 12.0. The van der Waals surface area contributed by atoms with Crippen molar-refractivity contribution in [1.29, 1.82) is 0 Å². The number of rotatable bonds is 10. The molecule has 10 N–H and O–H groups in total. The Balaban J connectivity index is 1.24. The monoisotopic (exact) mass is 968 g/mol. The van der Waals surface area contributed by atoms with Gasteiger partial charge in [-0.05, 0) is 60.4 Å². The van der Waals surface area contributed by atoms with Crippen molar-refractivity contribution in [3.63, 3.8) is 0 Å². The van der Waals surface area contributed by atoms with E-state index in [9.17, 15) is 33.6 Å². The lowest BCUT2D eigenvalue weighted by Gasteiger charge is -2.32. The number of H-pyrrole nitrogens is 1. The number of primary amides is 2. The summed E-state index contributed by atoms with van der Waals surface area (Å²) in [5.74, 6) is -6.25. The molecule has 1 aromatic carbocycles. The molecular weight excluding hydrogens is 913 g/mol. The van der Waals surface area contributed by atoms with Gasteiger partial charge in [0.2, 0.25) is 47.3 Å². The zero-order valence-corrected chi connectivity index (χ0v) is 39.3. The Hall–Kier alpha value is -6.94. The highest BCUT2D eigenvalue weighted by atomic mass is 32.1. The number of para-hydroxylation sites is 1. The van der Waals surface area contributed by atoms with Crippen LogP contribution in [0.2, 0.25) is 0 Å². The number of nitrogens with one attached hydrogen (secondary N) is 6. The highest BCUT2D eigenvalue weighted by molar-refractivity contribution is 7.23. The van der Waals surface area contributed by atoms with Crippen molar-refractivity contribution in [3.05, 3.63) is 71.9 Å². The molecule has 0 spiro atoms. The minimum Gasteiger partial charge on any atom is -0.370 e. The molecule has 2 aliphatic rings. The average molecular weight is 969 g/mol. The Kier molecular flexibility index (Phi) is 16.0. The molecule has 20 nitrogen and oxygen atoms in total. The van der Waals surface area contributed by atoms with Gasteiger partial charge in [0.15, 0.2) is 0 Å². The number of aromatic amines is 1. The quantitative estimate of drug-likeness (QED) is 0.101. The lowest BCUT2D eigenvalue weighted by Crippen LogP contribution is -2.60. The molecule has 7 rings (SSSR count). The summed E-state index contributed by atoms with van der Waals surface area (Å²) in [7, 11) is 0. The van der Waals surface area contributed by atoms with Gasteiger partial charge < -0.3 is 47.9 Å². The molecule has 7 atom stereocenters. The molecule has 2 aliphatic heterocycles. The molecule has 2 saturated heterocycles. The van der Waals surface area contributed by atoms with Crippen molar-refractivity contribution < 1.29 is 38.4 Å². The molecule has 0 aliphatic carbocycles. The Bertz CT molecular complexity index is 2640. The van der Waals surface area contributed by atoms with E-state index in [1.54, 1.807) is 46.7 Å². The number of thiophene rings is 2. The summed E-state index contributed by atoms with van der Waals surface area (Å²) in [5.41, 5.74) is 13.4. The van der Waals surface area contributed by atoms with Crippen molar-refractivity contribution in [2.75, 3.05) is 13.1 Å². The predicted molar refractivity (Wildman–Crippen MR) is 254 cm³/mol. The number of carbonyl (C=O) groups is 8. The van der Waals surface area contributed by atoms with Crippen LogP contribution in [0.4, 0.5) is 0 Å². The fourth-order valence-electron chi connectivity index (χ4n) is 8.46.